The zero-order chi connectivity index (χ0) is 79.4. The monoisotopic (exact) mass is 1620 g/mol. The molecule has 10 rings (SSSR count). The fourth-order valence-electron chi connectivity index (χ4n) is 14.4. The van der Waals surface area contributed by atoms with Crippen molar-refractivity contribution in [2.24, 2.45) is 0 Å². The van der Waals surface area contributed by atoms with Gasteiger partial charge in [-0.3, -0.25) is 9.97 Å². The normalized spacial score (nSPS) is 19.4. The van der Waals surface area contributed by atoms with Crippen LogP contribution in [0.1, 0.15) is 168 Å². The van der Waals surface area contributed by atoms with E-state index in [9.17, 15) is 19.8 Å². The predicted molar refractivity (Wildman–Crippen MR) is 446 cm³/mol. The lowest BCUT2D eigenvalue weighted by atomic mass is 9.85. The molecule has 23 nitrogen and oxygen atoms in total. The summed E-state index contributed by atoms with van der Waals surface area (Å²) in [4.78, 5) is 55.2. The van der Waals surface area contributed by atoms with E-state index in [-0.39, 0.29) is 61.7 Å². The molecule has 108 heavy (non-hydrogen) atoms. The molecule has 6 aromatic rings. The molecule has 0 aliphatic carbocycles. The number of nitrogens with zero attached hydrogens (tertiary/aromatic N) is 12. The second-order valence-corrected chi connectivity index (χ2v) is 61.4. The molecule has 4 saturated heterocycles. The molecule has 4 aliphatic rings. The molecule has 6 aromatic heterocycles. The Bertz CT molecular complexity index is 3960. The summed E-state index contributed by atoms with van der Waals surface area (Å²) in [5.74, 6) is 2.20. The summed E-state index contributed by atoms with van der Waals surface area (Å²) in [6.45, 7) is 57.5. The van der Waals surface area contributed by atoms with E-state index in [2.05, 4.69) is 121 Å². The minimum atomic E-state index is -1.35. The van der Waals surface area contributed by atoms with Crippen molar-refractivity contribution in [2.45, 2.75) is 289 Å². The number of fused-ring (bicyclic) bond motifs is 6. The van der Waals surface area contributed by atoms with E-state index < -0.39 is 54.7 Å². The van der Waals surface area contributed by atoms with E-state index >= 15 is 0 Å². The fourth-order valence-corrected chi connectivity index (χ4v) is 18.3. The van der Waals surface area contributed by atoms with Gasteiger partial charge in [-0.1, -0.05) is 97.3 Å². The molecule has 0 aromatic carbocycles. The van der Waals surface area contributed by atoms with Crippen LogP contribution in [-0.2, 0) is 44.4 Å². The van der Waals surface area contributed by atoms with Gasteiger partial charge in [0.1, 0.15) is 60.9 Å². The molecule has 4 fully saturated rings. The van der Waals surface area contributed by atoms with Gasteiger partial charge in [-0.05, 0) is 180 Å². The average molecular weight is 1630 g/mol. The molecular weight excluding hydrogens is 1500 g/mol. The zero-order valence-corrected chi connectivity index (χ0v) is 75.0. The molecule has 0 radical (unpaired) electrons. The van der Waals surface area contributed by atoms with Gasteiger partial charge in [0.05, 0.1) is 51.8 Å². The van der Waals surface area contributed by atoms with Crippen molar-refractivity contribution in [3.63, 3.8) is 0 Å². The van der Waals surface area contributed by atoms with Crippen molar-refractivity contribution in [2.75, 3.05) is 69.8 Å². The number of hydrogen-bond donors (Lipinski definition) is 2. The number of rotatable bonds is 31. The van der Waals surface area contributed by atoms with E-state index in [4.69, 9.17) is 53.3 Å². The number of pyridine rings is 2. The number of aromatic nitrogens is 8. The molecule has 598 valence electrons. The molecule has 28 heteroatoms. The Kier molecular flexibility index (Phi) is 27.8. The average Bonchev–Trinajstić information content (AvgIpc) is 1.53. The van der Waals surface area contributed by atoms with E-state index in [1.54, 1.807) is 40.1 Å². The number of piperidine rings is 2. The first-order valence-electron chi connectivity index (χ1n) is 39.2. The molecule has 6 atom stereocenters. The van der Waals surface area contributed by atoms with Gasteiger partial charge in [0, 0.05) is 129 Å². The number of hydrogen-bond acceptors (Lipinski definition) is 19. The summed E-state index contributed by atoms with van der Waals surface area (Å²) in [5.41, 5.74) is 5.22. The van der Waals surface area contributed by atoms with Crippen molar-refractivity contribution in [3.05, 3.63) is 88.4 Å². The van der Waals surface area contributed by atoms with Gasteiger partial charge >= 0.3 is 12.2 Å². The summed E-state index contributed by atoms with van der Waals surface area (Å²) in [5, 5.41) is 31.1. The lowest BCUT2D eigenvalue weighted by Gasteiger charge is -2.40. The lowest BCUT2D eigenvalue weighted by Crippen LogP contribution is -2.48. The van der Waals surface area contributed by atoms with Crippen LogP contribution < -0.4 is 9.80 Å². The smallest absolute Gasteiger partial charge is 0.410 e. The first-order valence-corrected chi connectivity index (χ1v) is 54.8. The molecule has 0 spiro atoms. The largest absolute Gasteiger partial charge is 0.494 e. The summed E-state index contributed by atoms with van der Waals surface area (Å²) in [7, 11) is -5.29. The topological polar surface area (TPSA) is 238 Å². The number of halogens is 1. The maximum Gasteiger partial charge on any atom is 0.410 e. The van der Waals surface area contributed by atoms with Crippen molar-refractivity contribution >= 4 is 89.1 Å². The van der Waals surface area contributed by atoms with Crippen LogP contribution in [0, 0.1) is 0 Å². The van der Waals surface area contributed by atoms with Crippen LogP contribution in [-0.4, -0.2) is 199 Å². The van der Waals surface area contributed by atoms with Crippen molar-refractivity contribution in [3.8, 4) is 22.3 Å². The van der Waals surface area contributed by atoms with Crippen molar-refractivity contribution < 1.29 is 53.0 Å². The van der Waals surface area contributed by atoms with Gasteiger partial charge < -0.3 is 63.0 Å². The first kappa shape index (κ1) is 86.3. The Balaban J connectivity index is 0.000000250. The molecule has 4 aliphatic heterocycles. The van der Waals surface area contributed by atoms with Crippen LogP contribution >= 0.6 is 15.9 Å². The molecular formula is C80H129BrN12O11Si4. The minimum absolute atomic E-state index is 0.00282. The highest BCUT2D eigenvalue weighted by Gasteiger charge is 2.49. The number of anilines is 2. The summed E-state index contributed by atoms with van der Waals surface area (Å²) in [6, 6.07) is 12.0. The fraction of sp³-hybridized carbons (Fsp3) is 0.675. The molecule has 10 heterocycles. The summed E-state index contributed by atoms with van der Waals surface area (Å²) >= 11 is 4.05. The number of carbonyl (C=O) groups is 2. The second kappa shape index (κ2) is 34.7. The van der Waals surface area contributed by atoms with Gasteiger partial charge in [-0.25, -0.2) is 19.6 Å². The maximum atomic E-state index is 13.5. The van der Waals surface area contributed by atoms with E-state index in [1.165, 1.54) is 0 Å². The Morgan fingerprint density at radius 1 is 0.519 bits per heavy atom. The molecule has 0 saturated carbocycles. The Hall–Kier alpha value is -5.67. The Labute approximate surface area is 656 Å². The first-order chi connectivity index (χ1) is 50.2. The van der Waals surface area contributed by atoms with Gasteiger partial charge in [0.2, 0.25) is 0 Å². The van der Waals surface area contributed by atoms with E-state index in [0.29, 0.717) is 74.9 Å². The van der Waals surface area contributed by atoms with Crippen LogP contribution in [0.25, 0.3) is 39.3 Å². The Morgan fingerprint density at radius 3 is 1.17 bits per heavy atom. The van der Waals surface area contributed by atoms with E-state index in [0.717, 1.165) is 131 Å². The predicted octanol–water partition coefficient (Wildman–Crippen LogP) is 18.0. The van der Waals surface area contributed by atoms with Crippen LogP contribution in [0.2, 0.25) is 103 Å². The molecule has 2 unspecified atom stereocenters. The van der Waals surface area contributed by atoms with Crippen LogP contribution in [0.4, 0.5) is 21.2 Å². The number of carbonyl (C=O) groups excluding carboxylic acids is 2. The number of amides is 2. The van der Waals surface area contributed by atoms with Crippen LogP contribution in [0.5, 0.6) is 0 Å². The van der Waals surface area contributed by atoms with E-state index in [1.807, 2.05) is 104 Å². The molecule has 2 amide bonds. The van der Waals surface area contributed by atoms with Gasteiger partial charge in [-0.15, -0.1) is 0 Å². The quantitative estimate of drug-likeness (QED) is 0.0178. The molecule has 4 bridgehead atoms. The second-order valence-electron chi connectivity index (χ2n) is 38.1. The third kappa shape index (κ3) is 23.0. The number of ether oxygens (including phenoxy) is 7. The number of aliphatic hydroxyl groups is 2. The summed E-state index contributed by atoms with van der Waals surface area (Å²) < 4.78 is 48.4. The standard InChI is InChI=1S/C42H68N6O6Si2.C38H61BrN6O5Si2/c1-14-53-29(2)36-37(31-23-32-16-17-33(24-31)47(32)40(49)54-41(3,4)5)45-38-34(30-15-18-35(43-25-30)42(6,7)50)26-44-48(38)39(36)46(27-51-19-21-55(8,9)10)28-52-20-22-56(11,12)13;1-37(2,3)50-36(46)44-28-13-14-29(44)21-27(20-28)33-32(39)35(43(24-48-16-18-51(6,7)8)25-49-17-19-52(9,10)11)45-34(42-33)30(23-41-45)26-12-15-31(40-22-26)38(4,5)47/h15,18,25-26,31-33,50H,2,14,16-17,19-24,27-28H2,1,3-13H3;12,15,22-23,27-29,47H,13-14,16-21,24-25H2,1-11H3/t31?,32-,33+;27?,28-,29+. The zero-order valence-electron chi connectivity index (χ0n) is 69.5. The van der Waals surface area contributed by atoms with Crippen molar-refractivity contribution in [1.29, 1.82) is 0 Å². The third-order valence-electron chi connectivity index (χ3n) is 20.3. The summed E-state index contributed by atoms with van der Waals surface area (Å²) in [6.07, 6.45) is 13.5. The highest BCUT2D eigenvalue weighted by atomic mass is 79.9. The van der Waals surface area contributed by atoms with Gasteiger partial charge in [0.15, 0.2) is 17.1 Å². The Morgan fingerprint density at radius 2 is 0.852 bits per heavy atom. The van der Waals surface area contributed by atoms with Crippen LogP contribution in [0.3, 0.4) is 0 Å². The third-order valence-corrected chi connectivity index (χ3v) is 27.8. The molecule has 2 N–H and O–H groups in total. The minimum Gasteiger partial charge on any atom is -0.494 e. The lowest BCUT2D eigenvalue weighted by molar-refractivity contribution is 0.00457. The van der Waals surface area contributed by atoms with Crippen molar-refractivity contribution in [1.82, 2.24) is 49.0 Å². The SMILES string of the molecule is C=C(OCC)c1c(C2C[C@H]3CC[C@@H](C2)N3C(=O)OC(C)(C)C)nc2c(-c3ccc(C(C)(C)O)nc3)cnn2c1N(COCC[Si](C)(C)C)COCC[Si](C)(C)C.CC(C)(C)OC(=O)N1[C@@H]2CC[C@H]1CC(c1nc3c(-c4ccc(C(C)(C)O)nc4)cnn3c(N(COCC[Si](C)(C)C)COCC[Si](C)(C)C)c1Br)C2. The van der Waals surface area contributed by atoms with Gasteiger partial charge in [0.25, 0.3) is 0 Å². The maximum absolute atomic E-state index is 13.5. The van der Waals surface area contributed by atoms with Gasteiger partial charge in [-0.2, -0.15) is 19.2 Å². The van der Waals surface area contributed by atoms with Crippen LogP contribution in [0.15, 0.2) is 60.1 Å². The highest BCUT2D eigenvalue weighted by molar-refractivity contribution is 9.10. The highest BCUT2D eigenvalue weighted by Crippen LogP contribution is 2.50.